The lowest BCUT2D eigenvalue weighted by atomic mass is 10.3. The molecule has 4 heteroatoms. The van der Waals surface area contributed by atoms with Gasteiger partial charge in [0, 0.05) is 13.1 Å². The van der Waals surface area contributed by atoms with Crippen LogP contribution in [0.5, 0.6) is 0 Å². The first-order valence-electron chi connectivity index (χ1n) is 5.32. The number of carbonyl (C=O) groups excluding carboxylic acids is 1. The molecule has 1 amide bonds. The van der Waals surface area contributed by atoms with E-state index in [9.17, 15) is 9.90 Å². The van der Waals surface area contributed by atoms with Gasteiger partial charge in [-0.1, -0.05) is 0 Å². The van der Waals surface area contributed by atoms with E-state index in [1.54, 1.807) is 4.90 Å². The van der Waals surface area contributed by atoms with E-state index in [-0.39, 0.29) is 12.2 Å². The molecule has 0 heterocycles. The smallest absolute Gasteiger partial charge is 0.410 e. The number of hydrogen-bond donors (Lipinski definition) is 1. The summed E-state index contributed by atoms with van der Waals surface area (Å²) in [6, 6.07) is 0. The van der Waals surface area contributed by atoms with Gasteiger partial charge in [0.15, 0.2) is 0 Å². The minimum atomic E-state index is -0.463. The Hall–Kier alpha value is -0.770. The molecule has 1 aliphatic rings. The Bertz CT molecular complexity index is 192. The summed E-state index contributed by atoms with van der Waals surface area (Å²) >= 11 is 0. The van der Waals surface area contributed by atoms with Gasteiger partial charge in [-0.2, -0.15) is 0 Å². The van der Waals surface area contributed by atoms with Crippen LogP contribution in [0.1, 0.15) is 33.1 Å². The van der Waals surface area contributed by atoms with E-state index in [1.165, 1.54) is 0 Å². The van der Waals surface area contributed by atoms with Crippen molar-refractivity contribution in [2.75, 3.05) is 13.1 Å². The highest BCUT2D eigenvalue weighted by Crippen LogP contribution is 2.22. The Morgan fingerprint density at radius 2 is 2.07 bits per heavy atom. The maximum Gasteiger partial charge on any atom is 0.410 e. The van der Waals surface area contributed by atoms with Crippen LogP contribution in [0.4, 0.5) is 4.79 Å². The van der Waals surface area contributed by atoms with Crippen molar-refractivity contribution in [3.05, 3.63) is 0 Å². The Morgan fingerprint density at radius 3 is 2.50 bits per heavy atom. The predicted octanol–water partition coefficient (Wildman–Crippen LogP) is 1.38. The van der Waals surface area contributed by atoms with E-state index in [2.05, 4.69) is 0 Å². The summed E-state index contributed by atoms with van der Waals surface area (Å²) in [4.78, 5) is 13.1. The molecule has 1 saturated carbocycles. The van der Waals surface area contributed by atoms with Crippen LogP contribution in [-0.2, 0) is 4.74 Å². The quantitative estimate of drug-likeness (QED) is 0.750. The fourth-order valence-corrected chi connectivity index (χ4v) is 1.73. The summed E-state index contributed by atoms with van der Waals surface area (Å²) in [6.45, 7) is 5.13. The Kier molecular flexibility index (Phi) is 4.20. The molecular weight excluding hydrogens is 182 g/mol. The standard InChI is InChI=1S/C10H19NO3/c1-3-11(4-2)10(13)14-9-7-5-6-8(9)12/h8-9,12H,3-7H2,1-2H3/t8-,9+/m0/s1. The number of hydrogen-bond acceptors (Lipinski definition) is 3. The molecule has 82 valence electrons. The van der Waals surface area contributed by atoms with E-state index in [4.69, 9.17) is 4.74 Å². The van der Waals surface area contributed by atoms with Gasteiger partial charge in [-0.15, -0.1) is 0 Å². The third-order valence-electron chi connectivity index (χ3n) is 2.69. The number of aliphatic hydroxyl groups is 1. The molecule has 1 rings (SSSR count). The fourth-order valence-electron chi connectivity index (χ4n) is 1.73. The molecule has 0 bridgehead atoms. The van der Waals surface area contributed by atoms with Gasteiger partial charge in [0.05, 0.1) is 6.10 Å². The van der Waals surface area contributed by atoms with Gasteiger partial charge in [-0.25, -0.2) is 4.79 Å². The van der Waals surface area contributed by atoms with E-state index in [0.29, 0.717) is 13.1 Å². The van der Waals surface area contributed by atoms with Crippen LogP contribution < -0.4 is 0 Å². The second-order valence-corrected chi connectivity index (χ2v) is 3.59. The molecule has 1 N–H and O–H groups in total. The van der Waals surface area contributed by atoms with Gasteiger partial charge in [0.25, 0.3) is 0 Å². The number of rotatable bonds is 3. The van der Waals surface area contributed by atoms with Crippen LogP contribution in [0.3, 0.4) is 0 Å². The highest BCUT2D eigenvalue weighted by atomic mass is 16.6. The zero-order chi connectivity index (χ0) is 10.6. The van der Waals surface area contributed by atoms with Crippen LogP contribution in [0.25, 0.3) is 0 Å². The molecule has 14 heavy (non-hydrogen) atoms. The number of amides is 1. The van der Waals surface area contributed by atoms with Crippen molar-refractivity contribution in [1.82, 2.24) is 4.90 Å². The maximum atomic E-state index is 11.5. The van der Waals surface area contributed by atoms with Crippen molar-refractivity contribution < 1.29 is 14.6 Å². The summed E-state index contributed by atoms with van der Waals surface area (Å²) in [5, 5.41) is 9.47. The third-order valence-corrected chi connectivity index (χ3v) is 2.69. The van der Waals surface area contributed by atoms with Gasteiger partial charge in [0.1, 0.15) is 6.10 Å². The maximum absolute atomic E-state index is 11.5. The monoisotopic (exact) mass is 201 g/mol. The molecule has 0 unspecified atom stereocenters. The average Bonchev–Trinajstić information content (AvgIpc) is 2.54. The van der Waals surface area contributed by atoms with E-state index in [1.807, 2.05) is 13.8 Å². The zero-order valence-electron chi connectivity index (χ0n) is 8.90. The van der Waals surface area contributed by atoms with Crippen molar-refractivity contribution in [2.24, 2.45) is 0 Å². The molecule has 0 radical (unpaired) electrons. The highest BCUT2D eigenvalue weighted by Gasteiger charge is 2.29. The molecule has 0 aliphatic heterocycles. The van der Waals surface area contributed by atoms with Gasteiger partial charge in [-0.05, 0) is 33.1 Å². The van der Waals surface area contributed by atoms with Gasteiger partial charge in [0.2, 0.25) is 0 Å². The second kappa shape index (κ2) is 5.20. The van der Waals surface area contributed by atoms with Crippen LogP contribution in [0.15, 0.2) is 0 Å². The molecule has 2 atom stereocenters. The first kappa shape index (κ1) is 11.3. The molecular formula is C10H19NO3. The van der Waals surface area contributed by atoms with Gasteiger partial charge < -0.3 is 14.7 Å². The Morgan fingerprint density at radius 1 is 1.43 bits per heavy atom. The summed E-state index contributed by atoms with van der Waals surface area (Å²) in [6.07, 6.45) is 1.42. The Labute approximate surface area is 84.8 Å². The summed E-state index contributed by atoms with van der Waals surface area (Å²) < 4.78 is 5.20. The number of nitrogens with zero attached hydrogens (tertiary/aromatic N) is 1. The first-order valence-corrected chi connectivity index (χ1v) is 5.32. The van der Waals surface area contributed by atoms with Crippen LogP contribution in [0, 0.1) is 0 Å². The molecule has 0 aromatic heterocycles. The lowest BCUT2D eigenvalue weighted by Gasteiger charge is -2.22. The van der Waals surface area contributed by atoms with E-state index < -0.39 is 6.10 Å². The second-order valence-electron chi connectivity index (χ2n) is 3.59. The number of ether oxygens (including phenoxy) is 1. The normalized spacial score (nSPS) is 26.2. The topological polar surface area (TPSA) is 49.8 Å². The van der Waals surface area contributed by atoms with Crippen LogP contribution in [0.2, 0.25) is 0 Å². The molecule has 1 aliphatic carbocycles. The molecule has 4 nitrogen and oxygen atoms in total. The van der Waals surface area contributed by atoms with Crippen molar-refractivity contribution in [3.8, 4) is 0 Å². The van der Waals surface area contributed by atoms with Crippen molar-refractivity contribution in [2.45, 2.75) is 45.3 Å². The minimum absolute atomic E-state index is 0.289. The average molecular weight is 201 g/mol. The molecule has 0 spiro atoms. The van der Waals surface area contributed by atoms with E-state index >= 15 is 0 Å². The molecule has 0 saturated heterocycles. The van der Waals surface area contributed by atoms with Crippen LogP contribution >= 0.6 is 0 Å². The largest absolute Gasteiger partial charge is 0.443 e. The molecule has 1 fully saturated rings. The predicted molar refractivity (Wildman–Crippen MR) is 53.0 cm³/mol. The van der Waals surface area contributed by atoms with Gasteiger partial charge in [-0.3, -0.25) is 0 Å². The third kappa shape index (κ3) is 2.61. The van der Waals surface area contributed by atoms with Crippen molar-refractivity contribution in [1.29, 1.82) is 0 Å². The summed E-state index contributed by atoms with van der Waals surface area (Å²) in [7, 11) is 0. The zero-order valence-corrected chi connectivity index (χ0v) is 8.90. The van der Waals surface area contributed by atoms with Crippen LogP contribution in [-0.4, -0.2) is 41.4 Å². The lowest BCUT2D eigenvalue weighted by molar-refractivity contribution is 0.00655. The first-order chi connectivity index (χ1) is 6.69. The number of aliphatic hydroxyl groups excluding tert-OH is 1. The minimum Gasteiger partial charge on any atom is -0.443 e. The Balaban J connectivity index is 2.39. The fraction of sp³-hybridized carbons (Fsp3) is 0.900. The molecule has 0 aromatic rings. The van der Waals surface area contributed by atoms with Crippen molar-refractivity contribution >= 4 is 6.09 Å². The highest BCUT2D eigenvalue weighted by molar-refractivity contribution is 5.67. The lowest BCUT2D eigenvalue weighted by Crippen LogP contribution is -2.36. The molecule has 0 aromatic carbocycles. The van der Waals surface area contributed by atoms with Crippen molar-refractivity contribution in [3.63, 3.8) is 0 Å². The summed E-state index contributed by atoms with van der Waals surface area (Å²) in [5.41, 5.74) is 0. The SMILES string of the molecule is CCN(CC)C(=O)O[C@@H]1CCC[C@@H]1O. The number of carbonyl (C=O) groups is 1. The van der Waals surface area contributed by atoms with Gasteiger partial charge >= 0.3 is 6.09 Å². The summed E-state index contributed by atoms with van der Waals surface area (Å²) in [5.74, 6) is 0. The van der Waals surface area contributed by atoms with E-state index in [0.717, 1.165) is 19.3 Å².